The molecule has 4 nitrogen and oxygen atoms in total. The normalized spacial score (nSPS) is 14.9. The summed E-state index contributed by atoms with van der Waals surface area (Å²) in [7, 11) is -1.94. The van der Waals surface area contributed by atoms with Gasteiger partial charge in [0.15, 0.2) is 0 Å². The monoisotopic (exact) mass is 224 g/mol. The number of sulfonamides is 1. The smallest absolute Gasteiger partial charge is 0.240 e. The van der Waals surface area contributed by atoms with E-state index in [9.17, 15) is 8.42 Å². The molecule has 0 saturated carbocycles. The second-order valence-electron chi connectivity index (χ2n) is 3.43. The summed E-state index contributed by atoms with van der Waals surface area (Å²) in [4.78, 5) is 0.292. The Morgan fingerprint density at radius 3 is 2.87 bits per heavy atom. The van der Waals surface area contributed by atoms with Crippen LogP contribution < -0.4 is 10.0 Å². The Labute approximate surface area is 89.1 Å². The molecule has 0 atom stereocenters. The highest BCUT2D eigenvalue weighted by atomic mass is 32.2. The first-order valence-corrected chi connectivity index (χ1v) is 6.02. The molecule has 1 heterocycles. The average Bonchev–Trinajstić information content (AvgIpc) is 2.56. The number of allylic oxidation sites excluding steroid dienone is 1. The fourth-order valence-corrected chi connectivity index (χ4v) is 2.37. The van der Waals surface area contributed by atoms with Crippen LogP contribution in [0.2, 0.25) is 0 Å². The van der Waals surface area contributed by atoms with E-state index in [-0.39, 0.29) is 0 Å². The van der Waals surface area contributed by atoms with E-state index in [1.54, 1.807) is 18.2 Å². The fraction of sp³-hybridized carbons (Fsp3) is 0.200. The number of hydrogen-bond acceptors (Lipinski definition) is 3. The van der Waals surface area contributed by atoms with Crippen LogP contribution in [0.1, 0.15) is 5.56 Å². The van der Waals surface area contributed by atoms with Crippen LogP contribution in [0.25, 0.3) is 0 Å². The van der Waals surface area contributed by atoms with Gasteiger partial charge in [-0.15, -0.1) is 0 Å². The summed E-state index contributed by atoms with van der Waals surface area (Å²) in [5.74, 6) is 0. The summed E-state index contributed by atoms with van der Waals surface area (Å²) in [5, 5.41) is 3.08. The van der Waals surface area contributed by atoms with Gasteiger partial charge >= 0.3 is 0 Å². The Hall–Kier alpha value is -1.33. The first-order valence-electron chi connectivity index (χ1n) is 4.54. The standard InChI is InChI=1S/C10H12N2O2S/c1-7-5-8-6-9(15(13,14)11-2)3-4-10(8)12-7/h3-4,6,11-12H,1,5H2,2H3. The topological polar surface area (TPSA) is 58.2 Å². The maximum absolute atomic E-state index is 11.5. The summed E-state index contributed by atoms with van der Waals surface area (Å²) >= 11 is 0. The Morgan fingerprint density at radius 1 is 1.47 bits per heavy atom. The van der Waals surface area contributed by atoms with Gasteiger partial charge in [-0.05, 0) is 30.8 Å². The van der Waals surface area contributed by atoms with Crippen molar-refractivity contribution in [3.63, 3.8) is 0 Å². The molecule has 0 radical (unpaired) electrons. The van der Waals surface area contributed by atoms with Crippen LogP contribution in [0, 0.1) is 0 Å². The number of fused-ring (bicyclic) bond motifs is 1. The van der Waals surface area contributed by atoms with Gasteiger partial charge in [-0.3, -0.25) is 0 Å². The van der Waals surface area contributed by atoms with Crippen molar-refractivity contribution in [2.75, 3.05) is 12.4 Å². The summed E-state index contributed by atoms with van der Waals surface area (Å²) in [5.41, 5.74) is 2.80. The van der Waals surface area contributed by atoms with E-state index in [1.807, 2.05) is 0 Å². The van der Waals surface area contributed by atoms with Crippen molar-refractivity contribution < 1.29 is 8.42 Å². The predicted octanol–water partition coefficient (Wildman–Crippen LogP) is 1.08. The SMILES string of the molecule is C=C1Cc2cc(S(=O)(=O)NC)ccc2N1. The van der Waals surface area contributed by atoms with Crippen molar-refractivity contribution in [1.82, 2.24) is 4.72 Å². The second kappa shape index (κ2) is 3.36. The molecule has 1 aromatic carbocycles. The molecule has 0 amide bonds. The Balaban J connectivity index is 2.48. The van der Waals surface area contributed by atoms with Crippen LogP contribution in [0.15, 0.2) is 35.4 Å². The van der Waals surface area contributed by atoms with Crippen molar-refractivity contribution in [2.24, 2.45) is 0 Å². The average molecular weight is 224 g/mol. The third-order valence-corrected chi connectivity index (χ3v) is 3.78. The van der Waals surface area contributed by atoms with Gasteiger partial charge in [-0.1, -0.05) is 6.58 Å². The van der Waals surface area contributed by atoms with Crippen molar-refractivity contribution in [3.8, 4) is 0 Å². The molecule has 1 aliphatic rings. The molecule has 0 aliphatic carbocycles. The van der Waals surface area contributed by atoms with Crippen molar-refractivity contribution >= 4 is 15.7 Å². The van der Waals surface area contributed by atoms with Crippen molar-refractivity contribution in [2.45, 2.75) is 11.3 Å². The molecule has 1 aliphatic heterocycles. The summed E-state index contributed by atoms with van der Waals surface area (Å²) in [6.45, 7) is 3.80. The fourth-order valence-electron chi connectivity index (χ4n) is 1.59. The molecule has 2 rings (SSSR count). The van der Waals surface area contributed by atoms with Crippen LogP contribution in [-0.2, 0) is 16.4 Å². The molecule has 0 fully saturated rings. The zero-order chi connectivity index (χ0) is 11.1. The van der Waals surface area contributed by atoms with Gasteiger partial charge in [0, 0.05) is 17.8 Å². The first-order chi connectivity index (χ1) is 7.03. The second-order valence-corrected chi connectivity index (χ2v) is 5.32. The molecule has 15 heavy (non-hydrogen) atoms. The van der Waals surface area contributed by atoms with Crippen LogP contribution in [0.4, 0.5) is 5.69 Å². The molecular formula is C10H12N2O2S. The van der Waals surface area contributed by atoms with Gasteiger partial charge in [0.1, 0.15) is 0 Å². The van der Waals surface area contributed by atoms with Gasteiger partial charge in [-0.25, -0.2) is 13.1 Å². The highest BCUT2D eigenvalue weighted by Crippen LogP contribution is 2.28. The number of anilines is 1. The Bertz CT molecular complexity index is 520. The molecule has 1 aromatic rings. The van der Waals surface area contributed by atoms with E-state index in [4.69, 9.17) is 0 Å². The minimum Gasteiger partial charge on any atom is -0.359 e. The van der Waals surface area contributed by atoms with Crippen molar-refractivity contribution in [1.29, 1.82) is 0 Å². The van der Waals surface area contributed by atoms with Crippen LogP contribution in [0.3, 0.4) is 0 Å². The number of rotatable bonds is 2. The highest BCUT2D eigenvalue weighted by molar-refractivity contribution is 7.89. The Kier molecular flexibility index (Phi) is 2.28. The molecule has 0 bridgehead atoms. The lowest BCUT2D eigenvalue weighted by atomic mass is 10.1. The van der Waals surface area contributed by atoms with Gasteiger partial charge < -0.3 is 5.32 Å². The van der Waals surface area contributed by atoms with Crippen molar-refractivity contribution in [3.05, 3.63) is 36.0 Å². The van der Waals surface area contributed by atoms with Crippen LogP contribution >= 0.6 is 0 Å². The Morgan fingerprint density at radius 2 is 2.20 bits per heavy atom. The highest BCUT2D eigenvalue weighted by Gasteiger charge is 2.17. The summed E-state index contributed by atoms with van der Waals surface area (Å²) in [6, 6.07) is 5.01. The summed E-state index contributed by atoms with van der Waals surface area (Å²) in [6.07, 6.45) is 0.683. The third kappa shape index (κ3) is 1.75. The lowest BCUT2D eigenvalue weighted by Gasteiger charge is -2.04. The number of hydrogen-bond donors (Lipinski definition) is 2. The first kappa shape index (κ1) is 10.2. The molecule has 0 aromatic heterocycles. The lowest BCUT2D eigenvalue weighted by molar-refractivity contribution is 0.588. The molecule has 0 unspecified atom stereocenters. The molecule has 0 saturated heterocycles. The van der Waals surface area contributed by atoms with E-state index in [0.29, 0.717) is 11.3 Å². The molecule has 80 valence electrons. The maximum Gasteiger partial charge on any atom is 0.240 e. The zero-order valence-corrected chi connectivity index (χ0v) is 9.19. The van der Waals surface area contributed by atoms with Crippen LogP contribution in [-0.4, -0.2) is 15.5 Å². The number of nitrogens with one attached hydrogen (secondary N) is 2. The zero-order valence-electron chi connectivity index (χ0n) is 8.37. The quantitative estimate of drug-likeness (QED) is 0.790. The third-order valence-electron chi connectivity index (χ3n) is 2.37. The van der Waals surface area contributed by atoms with Gasteiger partial charge in [0.25, 0.3) is 0 Å². The van der Waals surface area contributed by atoms with E-state index in [1.165, 1.54) is 7.05 Å². The minimum atomic E-state index is -3.34. The van der Waals surface area contributed by atoms with E-state index >= 15 is 0 Å². The van der Waals surface area contributed by atoms with E-state index in [2.05, 4.69) is 16.6 Å². The molecule has 0 spiro atoms. The van der Waals surface area contributed by atoms with E-state index < -0.39 is 10.0 Å². The predicted molar refractivity (Wildman–Crippen MR) is 59.2 cm³/mol. The number of benzene rings is 1. The minimum absolute atomic E-state index is 0.292. The van der Waals surface area contributed by atoms with Crippen LogP contribution in [0.5, 0.6) is 0 Å². The van der Waals surface area contributed by atoms with Gasteiger partial charge in [-0.2, -0.15) is 0 Å². The summed E-state index contributed by atoms with van der Waals surface area (Å²) < 4.78 is 25.3. The molecular weight excluding hydrogens is 212 g/mol. The largest absolute Gasteiger partial charge is 0.359 e. The van der Waals surface area contributed by atoms with Gasteiger partial charge in [0.05, 0.1) is 4.90 Å². The molecule has 5 heteroatoms. The van der Waals surface area contributed by atoms with Gasteiger partial charge in [0.2, 0.25) is 10.0 Å². The molecule has 2 N–H and O–H groups in total. The lowest BCUT2D eigenvalue weighted by Crippen LogP contribution is -2.18. The van der Waals surface area contributed by atoms with E-state index in [0.717, 1.165) is 16.9 Å². The maximum atomic E-state index is 11.5.